The number of ether oxygens (including phenoxy) is 1. The lowest BCUT2D eigenvalue weighted by molar-refractivity contribution is -0.945. The minimum absolute atomic E-state index is 0.170. The molecule has 154 valence electrons. The summed E-state index contributed by atoms with van der Waals surface area (Å²) in [5.74, 6) is 0.999. The van der Waals surface area contributed by atoms with Gasteiger partial charge in [-0.05, 0) is 18.8 Å². The molecular weight excluding hydrogens is 358 g/mol. The van der Waals surface area contributed by atoms with Crippen molar-refractivity contribution in [3.8, 4) is 0 Å². The molecule has 2 N–H and O–H groups in total. The Bertz CT molecular complexity index is 710. The van der Waals surface area contributed by atoms with Crippen molar-refractivity contribution >= 4 is 5.91 Å². The van der Waals surface area contributed by atoms with Crippen molar-refractivity contribution in [3.63, 3.8) is 0 Å². The number of quaternary nitrogens is 1. The number of rotatable bonds is 4. The van der Waals surface area contributed by atoms with Gasteiger partial charge in [0, 0.05) is 25.9 Å². The van der Waals surface area contributed by atoms with E-state index in [1.165, 1.54) is 4.90 Å². The smallest absolute Gasteiger partial charge is 0.231 e. The summed E-state index contributed by atoms with van der Waals surface area (Å²) in [6.07, 6.45) is 7.88. The van der Waals surface area contributed by atoms with Crippen molar-refractivity contribution in [2.45, 2.75) is 56.7 Å². The summed E-state index contributed by atoms with van der Waals surface area (Å²) in [5, 5.41) is 19.3. The van der Waals surface area contributed by atoms with Gasteiger partial charge in [-0.2, -0.15) is 0 Å². The molecule has 6 rings (SSSR count). The minimum atomic E-state index is -0.771. The molecule has 5 aliphatic rings. The van der Waals surface area contributed by atoms with Crippen LogP contribution in [-0.4, -0.2) is 76.3 Å². The molecule has 2 bridgehead atoms. The summed E-state index contributed by atoms with van der Waals surface area (Å²) >= 11 is 0. The molecule has 4 atom stereocenters. The first-order valence-corrected chi connectivity index (χ1v) is 11.0. The Labute approximate surface area is 165 Å². The van der Waals surface area contributed by atoms with E-state index in [-0.39, 0.29) is 5.92 Å². The van der Waals surface area contributed by atoms with Gasteiger partial charge in [0.2, 0.25) is 5.91 Å². The normalized spacial score (nSPS) is 34.7. The summed E-state index contributed by atoms with van der Waals surface area (Å²) in [7, 11) is 0. The Morgan fingerprint density at radius 2 is 2.11 bits per heavy atom. The van der Waals surface area contributed by atoms with Crippen molar-refractivity contribution in [1.29, 1.82) is 0 Å². The van der Waals surface area contributed by atoms with Crippen LogP contribution in [-0.2, 0) is 21.7 Å². The SMILES string of the molecule is O=C([C@H]1C[NH+]2CC[C@H]1C[C@@H]2Cn1cc(C2(O)CCCC2)nn1)N1CCOCC1. The molecule has 4 aliphatic heterocycles. The molecule has 0 aromatic carbocycles. The number of hydrogen-bond donors (Lipinski definition) is 2. The van der Waals surface area contributed by atoms with Gasteiger partial charge in [0.1, 0.15) is 17.3 Å². The molecule has 5 heterocycles. The van der Waals surface area contributed by atoms with Crippen LogP contribution in [0.3, 0.4) is 0 Å². The van der Waals surface area contributed by atoms with Gasteiger partial charge in [-0.25, -0.2) is 4.68 Å². The van der Waals surface area contributed by atoms with Gasteiger partial charge in [0.15, 0.2) is 0 Å². The van der Waals surface area contributed by atoms with Gasteiger partial charge in [0.05, 0.1) is 45.0 Å². The van der Waals surface area contributed by atoms with Crippen LogP contribution in [0.2, 0.25) is 0 Å². The van der Waals surface area contributed by atoms with Gasteiger partial charge in [0.25, 0.3) is 0 Å². The van der Waals surface area contributed by atoms with E-state index in [1.54, 1.807) is 0 Å². The maximum atomic E-state index is 13.0. The van der Waals surface area contributed by atoms with Crippen LogP contribution < -0.4 is 4.90 Å². The third-order valence-electron chi connectivity index (χ3n) is 7.55. The first-order chi connectivity index (χ1) is 13.6. The van der Waals surface area contributed by atoms with Gasteiger partial charge in [-0.3, -0.25) is 4.79 Å². The number of aliphatic hydroxyl groups is 1. The van der Waals surface area contributed by atoms with Gasteiger partial charge >= 0.3 is 0 Å². The second-order valence-electron chi connectivity index (χ2n) is 9.20. The second kappa shape index (κ2) is 7.39. The number of amides is 1. The monoisotopic (exact) mass is 390 g/mol. The Balaban J connectivity index is 1.22. The quantitative estimate of drug-likeness (QED) is 0.703. The van der Waals surface area contributed by atoms with E-state index in [9.17, 15) is 9.90 Å². The number of carbonyl (C=O) groups excluding carboxylic acids is 1. The Hall–Kier alpha value is -1.51. The number of hydrogen-bond acceptors (Lipinski definition) is 5. The zero-order valence-corrected chi connectivity index (χ0v) is 16.6. The fraction of sp³-hybridized carbons (Fsp3) is 0.850. The number of carbonyl (C=O) groups is 1. The number of nitrogens with one attached hydrogen (secondary N) is 1. The highest BCUT2D eigenvalue weighted by Gasteiger charge is 2.48. The first-order valence-electron chi connectivity index (χ1n) is 11.0. The van der Waals surface area contributed by atoms with Crippen LogP contribution in [0.4, 0.5) is 0 Å². The van der Waals surface area contributed by atoms with Crippen molar-refractivity contribution in [2.24, 2.45) is 11.8 Å². The Morgan fingerprint density at radius 1 is 1.32 bits per heavy atom. The van der Waals surface area contributed by atoms with Crippen LogP contribution in [0.5, 0.6) is 0 Å². The molecular formula is C20H32N5O3+. The topological polar surface area (TPSA) is 84.9 Å². The standard InChI is InChI=1S/C20H31N5O3/c26-19(23-7-9-28-10-8-23)17-13-24-6-3-15(17)11-16(24)12-25-14-18(21-22-25)20(27)4-1-2-5-20/h14-17,27H,1-13H2/p+1/t15-,16+,17-/m0/s1. The highest BCUT2D eigenvalue weighted by atomic mass is 16.5. The summed E-state index contributed by atoms with van der Waals surface area (Å²) in [5.41, 5.74) is -0.0385. The van der Waals surface area contributed by atoms with E-state index in [4.69, 9.17) is 4.74 Å². The summed E-state index contributed by atoms with van der Waals surface area (Å²) in [4.78, 5) is 16.5. The molecule has 1 aromatic rings. The second-order valence-corrected chi connectivity index (χ2v) is 9.20. The third kappa shape index (κ3) is 3.35. The molecule has 1 saturated carbocycles. The third-order valence-corrected chi connectivity index (χ3v) is 7.55. The molecule has 1 unspecified atom stereocenters. The molecule has 4 saturated heterocycles. The van der Waals surface area contributed by atoms with Gasteiger partial charge in [-0.15, -0.1) is 5.10 Å². The fourth-order valence-corrected chi connectivity index (χ4v) is 5.86. The molecule has 5 fully saturated rings. The Morgan fingerprint density at radius 3 is 2.82 bits per heavy atom. The van der Waals surface area contributed by atoms with Gasteiger partial charge < -0.3 is 19.6 Å². The molecule has 1 amide bonds. The summed E-state index contributed by atoms with van der Waals surface area (Å²) < 4.78 is 7.32. The zero-order valence-electron chi connectivity index (χ0n) is 16.6. The van der Waals surface area contributed by atoms with Crippen molar-refractivity contribution in [3.05, 3.63) is 11.9 Å². The maximum Gasteiger partial charge on any atom is 0.231 e. The van der Waals surface area contributed by atoms with Crippen LogP contribution >= 0.6 is 0 Å². The lowest BCUT2D eigenvalue weighted by Crippen LogP contribution is -3.20. The van der Waals surface area contributed by atoms with Crippen LogP contribution in [0, 0.1) is 11.8 Å². The van der Waals surface area contributed by atoms with E-state index in [0.717, 1.165) is 76.9 Å². The average molecular weight is 391 g/mol. The van der Waals surface area contributed by atoms with Crippen molar-refractivity contribution < 1.29 is 19.5 Å². The van der Waals surface area contributed by atoms with Crippen LogP contribution in [0.15, 0.2) is 6.20 Å². The van der Waals surface area contributed by atoms with E-state index in [0.29, 0.717) is 31.1 Å². The number of fused-ring (bicyclic) bond motifs is 3. The number of aromatic nitrogens is 3. The molecule has 1 aliphatic carbocycles. The highest BCUT2D eigenvalue weighted by Crippen LogP contribution is 2.37. The predicted octanol–water partition coefficient (Wildman–Crippen LogP) is -0.808. The van der Waals surface area contributed by atoms with E-state index in [2.05, 4.69) is 10.3 Å². The molecule has 8 nitrogen and oxygen atoms in total. The number of morpholine rings is 1. The summed E-state index contributed by atoms with van der Waals surface area (Å²) in [6, 6.07) is 0.486. The average Bonchev–Trinajstić information content (AvgIpc) is 3.39. The predicted molar refractivity (Wildman–Crippen MR) is 100 cm³/mol. The summed E-state index contributed by atoms with van der Waals surface area (Å²) in [6.45, 7) is 5.74. The van der Waals surface area contributed by atoms with Crippen molar-refractivity contribution in [2.75, 3.05) is 39.4 Å². The molecule has 0 spiro atoms. The fourth-order valence-electron chi connectivity index (χ4n) is 5.86. The molecule has 1 aromatic heterocycles. The largest absolute Gasteiger partial charge is 0.383 e. The lowest BCUT2D eigenvalue weighted by atomic mass is 9.75. The first kappa shape index (κ1) is 18.5. The van der Waals surface area contributed by atoms with E-state index >= 15 is 0 Å². The van der Waals surface area contributed by atoms with Gasteiger partial charge in [-0.1, -0.05) is 18.1 Å². The maximum absolute atomic E-state index is 13.0. The molecule has 0 radical (unpaired) electrons. The van der Waals surface area contributed by atoms with Crippen LogP contribution in [0.25, 0.3) is 0 Å². The van der Waals surface area contributed by atoms with E-state index in [1.807, 2.05) is 15.8 Å². The van der Waals surface area contributed by atoms with Crippen molar-refractivity contribution in [1.82, 2.24) is 19.9 Å². The molecule has 8 heteroatoms. The number of piperidine rings is 3. The number of nitrogens with zero attached hydrogens (tertiary/aromatic N) is 4. The van der Waals surface area contributed by atoms with E-state index < -0.39 is 5.60 Å². The minimum Gasteiger partial charge on any atom is -0.383 e. The Kier molecular flexibility index (Phi) is 4.88. The van der Waals surface area contributed by atoms with Crippen LogP contribution in [0.1, 0.15) is 44.2 Å². The molecule has 28 heavy (non-hydrogen) atoms. The zero-order chi connectivity index (χ0) is 19.1. The highest BCUT2D eigenvalue weighted by molar-refractivity contribution is 5.79. The lowest BCUT2D eigenvalue weighted by Gasteiger charge is -2.47.